The van der Waals surface area contributed by atoms with Crippen molar-refractivity contribution in [2.45, 2.75) is 36.3 Å². The Hall–Kier alpha value is -1.24. The topological polar surface area (TPSA) is 61.4 Å². The number of hydrogen-bond donors (Lipinski definition) is 1. The van der Waals surface area contributed by atoms with E-state index in [-0.39, 0.29) is 17.0 Å². The summed E-state index contributed by atoms with van der Waals surface area (Å²) in [5.74, 6) is 0.916. The lowest BCUT2D eigenvalue weighted by molar-refractivity contribution is -0.0384. The van der Waals surface area contributed by atoms with Gasteiger partial charge in [0.1, 0.15) is 0 Å². The van der Waals surface area contributed by atoms with E-state index in [1.807, 2.05) is 18.2 Å². The fourth-order valence-electron chi connectivity index (χ4n) is 4.19. The number of halogens is 1. The molecule has 6 heteroatoms. The number of benzene rings is 2. The molecule has 4 nitrogen and oxygen atoms in total. The van der Waals surface area contributed by atoms with Crippen molar-refractivity contribution >= 4 is 22.0 Å². The Bertz CT molecular complexity index is 798. The minimum absolute atomic E-state index is 0.0381. The van der Waals surface area contributed by atoms with E-state index >= 15 is 0 Å². The molecule has 138 valence electrons. The zero-order valence-corrected chi connectivity index (χ0v) is 15.9. The van der Waals surface area contributed by atoms with Crippen molar-refractivity contribution in [3.63, 3.8) is 0 Å². The third kappa shape index (κ3) is 3.87. The molecule has 5 atom stereocenters. The van der Waals surface area contributed by atoms with Crippen molar-refractivity contribution in [1.29, 1.82) is 0 Å². The molecule has 0 radical (unpaired) electrons. The van der Waals surface area contributed by atoms with Gasteiger partial charge in [-0.15, -0.1) is 4.72 Å². The van der Waals surface area contributed by atoms with Gasteiger partial charge in [0.15, 0.2) is 15.3 Å². The molecule has 1 heterocycles. The van der Waals surface area contributed by atoms with Crippen molar-refractivity contribution < 1.29 is 13.5 Å². The molecule has 0 spiro atoms. The van der Waals surface area contributed by atoms with Gasteiger partial charge in [0, 0.05) is 5.02 Å². The predicted octanol–water partition coefficient (Wildman–Crippen LogP) is 4.39. The molecular weight excluding hydrogens is 370 g/mol. The monoisotopic (exact) mass is 391 g/mol. The van der Waals surface area contributed by atoms with Crippen LogP contribution < -0.4 is 4.72 Å². The Morgan fingerprint density at radius 3 is 2.42 bits per heavy atom. The molecule has 1 saturated carbocycles. The second kappa shape index (κ2) is 7.41. The minimum atomic E-state index is -3.52. The molecule has 4 rings (SSSR count). The molecule has 0 aromatic heterocycles. The van der Waals surface area contributed by atoms with Crippen molar-refractivity contribution in [3.8, 4) is 0 Å². The molecule has 1 N–H and O–H groups in total. The van der Waals surface area contributed by atoms with Crippen molar-refractivity contribution in [2.75, 3.05) is 6.61 Å². The Kier molecular flexibility index (Phi) is 5.17. The molecule has 1 saturated heterocycles. The largest absolute Gasteiger partial charge is 0.593 e. The normalized spacial score (nSPS) is 30.5. The fourth-order valence-corrected chi connectivity index (χ4v) is 5.57. The van der Waals surface area contributed by atoms with Gasteiger partial charge >= 0.3 is 0 Å². The maximum atomic E-state index is 12.6. The average Bonchev–Trinajstić information content (AvgIpc) is 3.03. The predicted molar refractivity (Wildman–Crippen MR) is 101 cm³/mol. The summed E-state index contributed by atoms with van der Waals surface area (Å²) in [7, 11) is -3.52. The van der Waals surface area contributed by atoms with Crippen LogP contribution in [0.4, 0.5) is 0 Å². The maximum Gasteiger partial charge on any atom is 0.175 e. The van der Waals surface area contributed by atoms with E-state index in [0.29, 0.717) is 23.5 Å². The van der Waals surface area contributed by atoms with E-state index in [9.17, 15) is 8.76 Å². The molecule has 1 unspecified atom stereocenters. The minimum Gasteiger partial charge on any atom is -0.593 e. The molecular formula is C20H22ClNO3S. The highest BCUT2D eigenvalue weighted by molar-refractivity contribution is 7.95. The lowest BCUT2D eigenvalue weighted by Crippen LogP contribution is -2.38. The van der Waals surface area contributed by atoms with E-state index in [0.717, 1.165) is 19.3 Å². The molecule has 1 aliphatic carbocycles. The van der Waals surface area contributed by atoms with Crippen LogP contribution in [0.15, 0.2) is 59.5 Å². The number of rotatable bonds is 4. The van der Waals surface area contributed by atoms with Crippen molar-refractivity contribution in [3.05, 3.63) is 65.2 Å². The first kappa shape index (κ1) is 18.1. The Morgan fingerprint density at radius 2 is 1.69 bits per heavy atom. The first-order valence-corrected chi connectivity index (χ1v) is 10.8. The van der Waals surface area contributed by atoms with Crippen molar-refractivity contribution in [1.82, 2.24) is 4.72 Å². The smallest absolute Gasteiger partial charge is 0.175 e. The number of ether oxygens (including phenoxy) is 1. The lowest BCUT2D eigenvalue weighted by atomic mass is 9.86. The van der Waals surface area contributed by atoms with E-state index in [2.05, 4.69) is 16.9 Å². The number of sulfonamides is 1. The maximum absolute atomic E-state index is 12.6. The first-order chi connectivity index (χ1) is 12.5. The van der Waals surface area contributed by atoms with Crippen LogP contribution in [0.5, 0.6) is 0 Å². The summed E-state index contributed by atoms with van der Waals surface area (Å²) in [5.41, 5.74) is 1.20. The summed E-state index contributed by atoms with van der Waals surface area (Å²) in [5, 5.41) is 0.528. The van der Waals surface area contributed by atoms with Gasteiger partial charge in [0.05, 0.1) is 18.8 Å². The third-order valence-electron chi connectivity index (χ3n) is 5.49. The molecule has 0 bridgehead atoms. The molecule has 0 amide bonds. The van der Waals surface area contributed by atoms with E-state index in [1.54, 1.807) is 24.3 Å². The zero-order chi connectivity index (χ0) is 18.1. The van der Waals surface area contributed by atoms with Crippen LogP contribution >= 0.6 is 11.6 Å². The molecule has 26 heavy (non-hydrogen) atoms. The van der Waals surface area contributed by atoms with Gasteiger partial charge in [-0.1, -0.05) is 46.1 Å². The molecule has 1 aliphatic heterocycles. The molecule has 2 aromatic rings. The highest BCUT2D eigenvalue weighted by Gasteiger charge is 2.42. The van der Waals surface area contributed by atoms with E-state index in [1.165, 1.54) is 5.56 Å². The summed E-state index contributed by atoms with van der Waals surface area (Å²) in [4.78, 5) is 0.259. The van der Waals surface area contributed by atoms with Crippen LogP contribution in [-0.2, 0) is 19.3 Å². The number of fused-ring (bicyclic) bond motifs is 1. The summed E-state index contributed by atoms with van der Waals surface area (Å²) in [6.45, 7) is 0.698. The second-order valence-electron chi connectivity index (χ2n) is 7.23. The summed E-state index contributed by atoms with van der Waals surface area (Å²) >= 11 is 5.85. The second-order valence-corrected chi connectivity index (χ2v) is 9.38. The summed E-state index contributed by atoms with van der Waals surface area (Å²) in [6, 6.07) is 16.5. The standard InChI is InChI=1S/C20H22ClNO3S/c21-17-6-8-19(9-7-17)26(23,24)22-18-10-15-12-20(25-13-16(15)11-18)14-4-2-1-3-5-14/h1-9,15-16,18,20H,10-13H2,(H-,22,23,24)/t15-,16+,18-,20-/m0/s1. The summed E-state index contributed by atoms with van der Waals surface area (Å²) in [6.07, 6.45) is 2.76. The number of hydrogen-bond acceptors (Lipinski definition) is 3. The Balaban J connectivity index is 1.40. The lowest BCUT2D eigenvalue weighted by Gasteiger charge is -2.32. The highest BCUT2D eigenvalue weighted by Crippen LogP contribution is 2.44. The Morgan fingerprint density at radius 1 is 1.00 bits per heavy atom. The number of nitrogens with one attached hydrogen (secondary N) is 1. The molecule has 2 fully saturated rings. The van der Waals surface area contributed by atoms with Crippen LogP contribution in [0.25, 0.3) is 0 Å². The van der Waals surface area contributed by atoms with Crippen molar-refractivity contribution in [2.24, 2.45) is 11.8 Å². The van der Waals surface area contributed by atoms with Gasteiger partial charge < -0.3 is 9.29 Å². The Labute approximate surface area is 160 Å². The fraction of sp³-hybridized carbons (Fsp3) is 0.400. The van der Waals surface area contributed by atoms with Crippen LogP contribution in [0.1, 0.15) is 30.9 Å². The SMILES string of the molecule is O=[S+]([O-])(N[C@@H]1C[C@@H]2CO[C@H](c3ccccc3)C[C@@H]2C1)c1ccc(Cl)cc1. The van der Waals surface area contributed by atoms with Gasteiger partial charge in [0.2, 0.25) is 0 Å². The first-order valence-electron chi connectivity index (χ1n) is 8.96. The van der Waals surface area contributed by atoms with Crippen LogP contribution in [0, 0.1) is 11.8 Å². The van der Waals surface area contributed by atoms with Gasteiger partial charge in [-0.05, 0) is 60.9 Å². The molecule has 2 aliphatic rings. The average molecular weight is 392 g/mol. The van der Waals surface area contributed by atoms with Gasteiger partial charge in [-0.25, -0.2) is 0 Å². The highest BCUT2D eigenvalue weighted by atomic mass is 35.5. The van der Waals surface area contributed by atoms with Crippen LogP contribution in [0.2, 0.25) is 5.02 Å². The van der Waals surface area contributed by atoms with Crippen LogP contribution in [0.3, 0.4) is 0 Å². The van der Waals surface area contributed by atoms with Crippen LogP contribution in [-0.4, -0.2) is 17.2 Å². The zero-order valence-electron chi connectivity index (χ0n) is 14.3. The van der Waals surface area contributed by atoms with E-state index < -0.39 is 10.4 Å². The van der Waals surface area contributed by atoms with Gasteiger partial charge in [-0.2, -0.15) is 0 Å². The third-order valence-corrected chi connectivity index (χ3v) is 7.28. The summed E-state index contributed by atoms with van der Waals surface area (Å²) < 4.78 is 34.1. The quantitative estimate of drug-likeness (QED) is 0.786. The van der Waals surface area contributed by atoms with E-state index in [4.69, 9.17) is 16.3 Å². The van der Waals surface area contributed by atoms with Gasteiger partial charge in [0.25, 0.3) is 0 Å². The van der Waals surface area contributed by atoms with Gasteiger partial charge in [-0.3, -0.25) is 0 Å². The molecule has 2 aromatic carbocycles.